The molecule has 0 aliphatic heterocycles. The Morgan fingerprint density at radius 1 is 1.18 bits per heavy atom. The van der Waals surface area contributed by atoms with Gasteiger partial charge in [0, 0.05) is 34.1 Å². The predicted molar refractivity (Wildman–Crippen MR) is 107 cm³/mol. The minimum atomic E-state index is -0.314. The molecule has 0 aliphatic carbocycles. The summed E-state index contributed by atoms with van der Waals surface area (Å²) in [5.74, 6) is 0.226. The predicted octanol–water partition coefficient (Wildman–Crippen LogP) is 3.30. The van der Waals surface area contributed by atoms with E-state index in [1.54, 1.807) is 10.7 Å². The summed E-state index contributed by atoms with van der Waals surface area (Å²) in [5.41, 5.74) is 4.15. The fraction of sp³-hybridized carbons (Fsp3) is 0.250. The van der Waals surface area contributed by atoms with Crippen LogP contribution in [-0.4, -0.2) is 36.8 Å². The number of thioether (sulfide) groups is 1. The highest BCUT2D eigenvalue weighted by Crippen LogP contribution is 2.19. The molecule has 8 heteroatoms. The molecule has 28 heavy (non-hydrogen) atoms. The van der Waals surface area contributed by atoms with Crippen molar-refractivity contribution >= 4 is 34.4 Å². The van der Waals surface area contributed by atoms with E-state index in [2.05, 4.69) is 20.1 Å². The van der Waals surface area contributed by atoms with Gasteiger partial charge in [-0.3, -0.25) is 9.78 Å². The van der Waals surface area contributed by atoms with Crippen molar-refractivity contribution in [3.8, 4) is 0 Å². The lowest BCUT2D eigenvalue weighted by atomic mass is 10.1. The number of carbonyl (C=O) groups excluding carboxylic acids is 1. The Balaban J connectivity index is 1.53. The van der Waals surface area contributed by atoms with E-state index in [9.17, 15) is 4.79 Å². The van der Waals surface area contributed by atoms with Crippen LogP contribution in [0.25, 0.3) is 16.7 Å². The molecule has 142 valence electrons. The van der Waals surface area contributed by atoms with Crippen LogP contribution in [0, 0.1) is 13.8 Å². The smallest absolute Gasteiger partial charge is 0.310 e. The standard InChI is InChI=1S/C20H19N5O2S/c1-12-16(13(2)25-19(22-12)23-20(24-25)28-3)10-17(26)27-11-15-7-4-6-14-8-5-9-21-18(14)15/h4-9H,10-11H2,1-3H3. The second-order valence-electron chi connectivity index (χ2n) is 6.40. The van der Waals surface area contributed by atoms with Crippen LogP contribution >= 0.6 is 11.8 Å². The first-order chi connectivity index (χ1) is 13.6. The minimum absolute atomic E-state index is 0.132. The van der Waals surface area contributed by atoms with Crippen LogP contribution in [0.1, 0.15) is 22.5 Å². The van der Waals surface area contributed by atoms with Crippen LogP contribution in [-0.2, 0) is 22.6 Å². The van der Waals surface area contributed by atoms with Gasteiger partial charge in [0.25, 0.3) is 5.78 Å². The monoisotopic (exact) mass is 393 g/mol. The third kappa shape index (κ3) is 3.43. The number of aromatic nitrogens is 5. The summed E-state index contributed by atoms with van der Waals surface area (Å²) < 4.78 is 7.21. The molecule has 0 saturated heterocycles. The van der Waals surface area contributed by atoms with E-state index in [0.29, 0.717) is 10.9 Å². The number of para-hydroxylation sites is 1. The zero-order valence-electron chi connectivity index (χ0n) is 15.8. The second-order valence-corrected chi connectivity index (χ2v) is 7.17. The van der Waals surface area contributed by atoms with Crippen LogP contribution in [0.5, 0.6) is 0 Å². The minimum Gasteiger partial charge on any atom is -0.460 e. The number of hydrogen-bond acceptors (Lipinski definition) is 7. The number of rotatable bonds is 5. The van der Waals surface area contributed by atoms with Crippen molar-refractivity contribution < 1.29 is 9.53 Å². The van der Waals surface area contributed by atoms with E-state index in [0.717, 1.165) is 33.4 Å². The van der Waals surface area contributed by atoms with Crippen LogP contribution < -0.4 is 0 Å². The van der Waals surface area contributed by atoms with Crippen molar-refractivity contribution in [1.29, 1.82) is 0 Å². The van der Waals surface area contributed by atoms with Gasteiger partial charge >= 0.3 is 5.97 Å². The normalized spacial score (nSPS) is 11.2. The number of carbonyl (C=O) groups is 1. The molecule has 0 bridgehead atoms. The number of benzene rings is 1. The van der Waals surface area contributed by atoms with Crippen molar-refractivity contribution in [2.45, 2.75) is 32.0 Å². The molecule has 4 aromatic rings. The lowest BCUT2D eigenvalue weighted by Gasteiger charge is -2.11. The van der Waals surface area contributed by atoms with Crippen LogP contribution in [0.2, 0.25) is 0 Å². The van der Waals surface area contributed by atoms with Crippen molar-refractivity contribution in [3.05, 3.63) is 59.0 Å². The molecule has 0 radical (unpaired) electrons. The Morgan fingerprint density at radius 3 is 2.82 bits per heavy atom. The Hall–Kier alpha value is -3.00. The van der Waals surface area contributed by atoms with Gasteiger partial charge in [0.05, 0.1) is 11.9 Å². The zero-order valence-corrected chi connectivity index (χ0v) is 16.7. The average molecular weight is 393 g/mol. The highest BCUT2D eigenvalue weighted by atomic mass is 32.2. The summed E-state index contributed by atoms with van der Waals surface area (Å²) in [7, 11) is 0. The topological polar surface area (TPSA) is 82.3 Å². The Morgan fingerprint density at radius 2 is 2.00 bits per heavy atom. The van der Waals surface area contributed by atoms with Crippen molar-refractivity contribution in [1.82, 2.24) is 24.6 Å². The maximum atomic E-state index is 12.5. The molecule has 7 nitrogen and oxygen atoms in total. The molecule has 0 saturated carbocycles. The Kier molecular flexibility index (Phi) is 4.95. The zero-order chi connectivity index (χ0) is 19.7. The molecule has 0 aliphatic rings. The molecule has 0 fully saturated rings. The van der Waals surface area contributed by atoms with E-state index in [-0.39, 0.29) is 19.0 Å². The quantitative estimate of drug-likeness (QED) is 0.380. The number of nitrogens with zero attached hydrogens (tertiary/aromatic N) is 5. The van der Waals surface area contributed by atoms with E-state index in [1.165, 1.54) is 11.8 Å². The largest absolute Gasteiger partial charge is 0.460 e. The molecule has 0 amide bonds. The number of hydrogen-bond donors (Lipinski definition) is 0. The molecule has 0 atom stereocenters. The summed E-state index contributed by atoms with van der Waals surface area (Å²) in [6.45, 7) is 3.97. The molecular formula is C20H19N5O2S. The van der Waals surface area contributed by atoms with E-state index < -0.39 is 0 Å². The van der Waals surface area contributed by atoms with Crippen LogP contribution in [0.15, 0.2) is 41.7 Å². The van der Waals surface area contributed by atoms with Gasteiger partial charge in [0.1, 0.15) is 6.61 Å². The third-order valence-corrected chi connectivity index (χ3v) is 5.18. The number of esters is 1. The maximum absolute atomic E-state index is 12.5. The van der Waals surface area contributed by atoms with Gasteiger partial charge in [0.2, 0.25) is 5.16 Å². The third-order valence-electron chi connectivity index (χ3n) is 4.64. The molecular weight excluding hydrogens is 374 g/mol. The van der Waals surface area contributed by atoms with Crippen LogP contribution in [0.4, 0.5) is 0 Å². The van der Waals surface area contributed by atoms with Gasteiger partial charge in [-0.25, -0.2) is 9.50 Å². The summed E-state index contributed by atoms with van der Waals surface area (Å²) in [5, 5.41) is 6.09. The van der Waals surface area contributed by atoms with E-state index in [4.69, 9.17) is 4.74 Å². The average Bonchev–Trinajstić information content (AvgIpc) is 3.12. The van der Waals surface area contributed by atoms with Crippen LogP contribution in [0.3, 0.4) is 0 Å². The van der Waals surface area contributed by atoms with Gasteiger partial charge in [-0.05, 0) is 26.2 Å². The Bertz CT molecular complexity index is 1180. The van der Waals surface area contributed by atoms with Crippen molar-refractivity contribution in [2.75, 3.05) is 6.26 Å². The van der Waals surface area contributed by atoms with Gasteiger partial charge in [-0.15, -0.1) is 5.10 Å². The highest BCUT2D eigenvalue weighted by molar-refractivity contribution is 7.98. The van der Waals surface area contributed by atoms with Gasteiger partial charge in [-0.2, -0.15) is 4.98 Å². The van der Waals surface area contributed by atoms with Gasteiger partial charge in [0.15, 0.2) is 0 Å². The molecule has 1 aromatic carbocycles. The number of fused-ring (bicyclic) bond motifs is 2. The first-order valence-corrected chi connectivity index (χ1v) is 10.0. The number of pyridine rings is 1. The molecule has 0 N–H and O–H groups in total. The molecule has 3 aromatic heterocycles. The lowest BCUT2D eigenvalue weighted by Crippen LogP contribution is -2.13. The fourth-order valence-electron chi connectivity index (χ4n) is 3.17. The summed E-state index contributed by atoms with van der Waals surface area (Å²) in [6, 6.07) is 9.73. The maximum Gasteiger partial charge on any atom is 0.310 e. The second kappa shape index (κ2) is 7.55. The van der Waals surface area contributed by atoms with Gasteiger partial charge in [-0.1, -0.05) is 36.0 Å². The number of ether oxygens (including phenoxy) is 1. The fourth-order valence-corrected chi connectivity index (χ4v) is 3.51. The van der Waals surface area contributed by atoms with E-state index >= 15 is 0 Å². The molecule has 0 spiro atoms. The first-order valence-electron chi connectivity index (χ1n) is 8.82. The number of aryl methyl sites for hydroxylation is 2. The van der Waals surface area contributed by atoms with Crippen molar-refractivity contribution in [3.63, 3.8) is 0 Å². The van der Waals surface area contributed by atoms with Gasteiger partial charge < -0.3 is 4.74 Å². The van der Waals surface area contributed by atoms with E-state index in [1.807, 2.05) is 50.4 Å². The van der Waals surface area contributed by atoms with Crippen molar-refractivity contribution in [2.24, 2.45) is 0 Å². The first kappa shape index (κ1) is 18.4. The summed E-state index contributed by atoms with van der Waals surface area (Å²) in [4.78, 5) is 25.7. The molecule has 3 heterocycles. The summed E-state index contributed by atoms with van der Waals surface area (Å²) in [6.07, 6.45) is 3.78. The Labute approximate surface area is 166 Å². The molecule has 4 rings (SSSR count). The molecule has 0 unspecified atom stereocenters. The summed E-state index contributed by atoms with van der Waals surface area (Å²) >= 11 is 1.45. The SMILES string of the molecule is CSc1nc2nc(C)c(CC(=O)OCc3cccc4cccnc34)c(C)n2n1. The lowest BCUT2D eigenvalue weighted by molar-refractivity contribution is -0.144. The highest BCUT2D eigenvalue weighted by Gasteiger charge is 2.17.